The second kappa shape index (κ2) is 8.79. The number of quaternary nitrogens is 1. The van der Waals surface area contributed by atoms with E-state index in [1.807, 2.05) is 0 Å². The Kier molecular flexibility index (Phi) is 8.51. The molecule has 0 aromatic carbocycles. The van der Waals surface area contributed by atoms with Gasteiger partial charge in [0.25, 0.3) is 0 Å². The Morgan fingerprint density at radius 1 is 1.00 bits per heavy atom. The van der Waals surface area contributed by atoms with Crippen LogP contribution in [0.25, 0.3) is 0 Å². The van der Waals surface area contributed by atoms with Gasteiger partial charge in [0.15, 0.2) is 0 Å². The van der Waals surface area contributed by atoms with Crippen LogP contribution in [0.2, 0.25) is 0 Å². The van der Waals surface area contributed by atoms with Gasteiger partial charge in [0, 0.05) is 20.6 Å². The summed E-state index contributed by atoms with van der Waals surface area (Å²) in [6.07, 6.45) is 9.36. The SMILES string of the molecule is CCCCCCCCC[N+](C)(C)[B-]C#N. The maximum Gasteiger partial charge on any atom is 0.126 e. The van der Waals surface area contributed by atoms with Gasteiger partial charge < -0.3 is 4.39 Å². The Bertz CT molecular complexity index is 185. The molecule has 0 unspecified atom stereocenters. The highest BCUT2D eigenvalue weighted by Gasteiger charge is 2.02. The van der Waals surface area contributed by atoms with Crippen LogP contribution in [0.15, 0.2) is 0 Å². The van der Waals surface area contributed by atoms with E-state index in [9.17, 15) is 0 Å². The summed E-state index contributed by atoms with van der Waals surface area (Å²) in [4.78, 5) is 0. The second-order valence-electron chi connectivity index (χ2n) is 4.88. The molecular weight excluding hydrogens is 183 g/mol. The standard InChI is InChI=1S/C12H25BN2/c1-4-5-6-7-8-9-10-11-15(2,3)13-12-14/h4-11H2,1-3H3. The highest BCUT2D eigenvalue weighted by Crippen LogP contribution is 2.08. The van der Waals surface area contributed by atoms with E-state index >= 15 is 0 Å². The quantitative estimate of drug-likeness (QED) is 0.422. The molecule has 0 fully saturated rings. The van der Waals surface area contributed by atoms with Crippen molar-refractivity contribution >= 4 is 7.41 Å². The molecule has 0 saturated carbocycles. The maximum atomic E-state index is 8.58. The average molecular weight is 208 g/mol. The molecule has 0 aliphatic rings. The lowest BCUT2D eigenvalue weighted by molar-refractivity contribution is -0.777. The lowest BCUT2D eigenvalue weighted by Crippen LogP contribution is -2.43. The van der Waals surface area contributed by atoms with Crippen LogP contribution in [0.1, 0.15) is 51.9 Å². The normalized spacial score (nSPS) is 11.3. The Morgan fingerprint density at radius 3 is 2.07 bits per heavy atom. The minimum absolute atomic E-state index is 0.728. The van der Waals surface area contributed by atoms with Crippen molar-refractivity contribution in [1.82, 2.24) is 0 Å². The van der Waals surface area contributed by atoms with Crippen molar-refractivity contribution in [2.75, 3.05) is 20.6 Å². The molecule has 0 saturated heterocycles. The molecule has 0 N–H and O–H groups in total. The van der Waals surface area contributed by atoms with Crippen molar-refractivity contribution in [3.05, 3.63) is 0 Å². The van der Waals surface area contributed by atoms with Gasteiger partial charge in [-0.2, -0.15) is 0 Å². The Morgan fingerprint density at radius 2 is 1.53 bits per heavy atom. The molecule has 86 valence electrons. The molecule has 0 aromatic rings. The first-order valence-corrected chi connectivity index (χ1v) is 6.19. The molecule has 2 nitrogen and oxygen atoms in total. The van der Waals surface area contributed by atoms with E-state index in [-0.39, 0.29) is 0 Å². The van der Waals surface area contributed by atoms with Gasteiger partial charge in [-0.1, -0.05) is 39.0 Å². The predicted molar refractivity (Wildman–Crippen MR) is 66.3 cm³/mol. The number of unbranched alkanes of at least 4 members (excludes halogenated alkanes) is 6. The Balaban J connectivity index is 3.27. The van der Waals surface area contributed by atoms with Gasteiger partial charge in [-0.05, 0) is 12.8 Å². The molecule has 0 spiro atoms. The lowest BCUT2D eigenvalue weighted by Gasteiger charge is -2.40. The van der Waals surface area contributed by atoms with Gasteiger partial charge in [-0.15, -0.1) is 5.97 Å². The lowest BCUT2D eigenvalue weighted by atomic mass is 9.91. The topological polar surface area (TPSA) is 23.8 Å². The molecule has 0 aromatic heterocycles. The van der Waals surface area contributed by atoms with Crippen molar-refractivity contribution in [3.63, 3.8) is 0 Å². The molecule has 0 heterocycles. The van der Waals surface area contributed by atoms with Gasteiger partial charge in [0.1, 0.15) is 7.41 Å². The third-order valence-electron chi connectivity index (χ3n) is 2.75. The number of rotatable bonds is 9. The van der Waals surface area contributed by atoms with Gasteiger partial charge in [-0.25, -0.2) is 5.26 Å². The summed E-state index contributed by atoms with van der Waals surface area (Å²) in [5.74, 6) is 2.12. The van der Waals surface area contributed by atoms with E-state index in [1.54, 1.807) is 7.41 Å². The molecule has 0 rings (SSSR count). The van der Waals surface area contributed by atoms with E-state index in [2.05, 4.69) is 27.0 Å². The van der Waals surface area contributed by atoms with Crippen molar-refractivity contribution in [2.24, 2.45) is 0 Å². The summed E-state index contributed by atoms with van der Waals surface area (Å²) in [6.45, 7) is 3.33. The fraction of sp³-hybridized carbons (Fsp3) is 0.917. The average Bonchev–Trinajstić information content (AvgIpc) is 2.16. The molecule has 0 aliphatic carbocycles. The van der Waals surface area contributed by atoms with Crippen LogP contribution in [0.5, 0.6) is 0 Å². The van der Waals surface area contributed by atoms with Crippen molar-refractivity contribution < 1.29 is 4.39 Å². The summed E-state index contributed by atoms with van der Waals surface area (Å²) in [7, 11) is 5.87. The molecule has 2 radical (unpaired) electrons. The summed E-state index contributed by atoms with van der Waals surface area (Å²) >= 11 is 0. The molecular formula is C12H25BN2. The Labute approximate surface area is 96.1 Å². The second-order valence-corrected chi connectivity index (χ2v) is 4.88. The van der Waals surface area contributed by atoms with Gasteiger partial charge >= 0.3 is 0 Å². The monoisotopic (exact) mass is 208 g/mol. The van der Waals surface area contributed by atoms with Crippen molar-refractivity contribution in [1.29, 1.82) is 5.26 Å². The minimum atomic E-state index is 0.728. The molecule has 0 amide bonds. The molecule has 3 heteroatoms. The zero-order valence-corrected chi connectivity index (χ0v) is 10.6. The van der Waals surface area contributed by atoms with Crippen LogP contribution in [-0.2, 0) is 0 Å². The van der Waals surface area contributed by atoms with Gasteiger partial charge in [-0.3, -0.25) is 0 Å². The molecule has 0 bridgehead atoms. The van der Waals surface area contributed by atoms with Crippen LogP contribution in [0.4, 0.5) is 0 Å². The molecule has 0 aliphatic heterocycles. The summed E-state index contributed by atoms with van der Waals surface area (Å²) in [6, 6.07) is 0. The first kappa shape index (κ1) is 14.5. The zero-order valence-electron chi connectivity index (χ0n) is 10.6. The van der Waals surface area contributed by atoms with E-state index in [0.717, 1.165) is 10.9 Å². The fourth-order valence-corrected chi connectivity index (χ4v) is 1.70. The van der Waals surface area contributed by atoms with E-state index in [4.69, 9.17) is 5.26 Å². The van der Waals surface area contributed by atoms with Crippen LogP contribution >= 0.6 is 0 Å². The maximum absolute atomic E-state index is 8.58. The van der Waals surface area contributed by atoms with Gasteiger partial charge in [0.05, 0.1) is 0 Å². The van der Waals surface area contributed by atoms with E-state index in [1.165, 1.54) is 44.9 Å². The van der Waals surface area contributed by atoms with Crippen LogP contribution in [-0.4, -0.2) is 32.4 Å². The first-order chi connectivity index (χ1) is 7.12. The van der Waals surface area contributed by atoms with E-state index < -0.39 is 0 Å². The summed E-state index contributed by atoms with van der Waals surface area (Å²) < 4.78 is 0.728. The van der Waals surface area contributed by atoms with Gasteiger partial charge in [0.2, 0.25) is 0 Å². The van der Waals surface area contributed by atoms with Crippen LogP contribution < -0.4 is 0 Å². The number of hydrogen-bond acceptors (Lipinski definition) is 1. The summed E-state index contributed by atoms with van der Waals surface area (Å²) in [5, 5.41) is 8.58. The fourth-order valence-electron chi connectivity index (χ4n) is 1.70. The smallest absolute Gasteiger partial charge is 0.126 e. The third kappa shape index (κ3) is 9.81. The van der Waals surface area contributed by atoms with Crippen LogP contribution in [0.3, 0.4) is 0 Å². The molecule has 15 heavy (non-hydrogen) atoms. The summed E-state index contributed by atoms with van der Waals surface area (Å²) in [5.41, 5.74) is 0. The first-order valence-electron chi connectivity index (χ1n) is 6.19. The third-order valence-corrected chi connectivity index (χ3v) is 2.75. The van der Waals surface area contributed by atoms with Crippen LogP contribution in [0, 0.1) is 11.2 Å². The molecule has 0 atom stereocenters. The van der Waals surface area contributed by atoms with Crippen molar-refractivity contribution in [2.45, 2.75) is 51.9 Å². The number of hydrogen-bond donors (Lipinski definition) is 0. The Hall–Kier alpha value is -0.485. The predicted octanol–water partition coefficient (Wildman–Crippen LogP) is 2.91. The highest BCUT2D eigenvalue weighted by atomic mass is 15.2. The van der Waals surface area contributed by atoms with Crippen molar-refractivity contribution in [3.8, 4) is 5.97 Å². The minimum Gasteiger partial charge on any atom is -0.553 e. The zero-order chi connectivity index (χ0) is 11.6. The highest BCUT2D eigenvalue weighted by molar-refractivity contribution is 6.36. The number of nitriles is 1. The largest absolute Gasteiger partial charge is 0.553 e. The van der Waals surface area contributed by atoms with E-state index in [0.29, 0.717) is 0 Å². The number of nitrogens with zero attached hydrogens (tertiary/aromatic N) is 2.